The maximum absolute atomic E-state index is 13.3. The Morgan fingerprint density at radius 2 is 1.94 bits per heavy atom. The summed E-state index contributed by atoms with van der Waals surface area (Å²) < 4.78 is 42.2. The fourth-order valence-electron chi connectivity index (χ4n) is 3.15. The fourth-order valence-corrected chi connectivity index (χ4v) is 3.40. The SMILES string of the molecule is Cc1cccc(Cn2ccc(NC(=O)c3nn4c(C(F)(F)F)cc(C)nc4c3Cl)n2)c1. The molecule has 7 nitrogen and oxygen atoms in total. The van der Waals surface area contributed by atoms with E-state index >= 15 is 0 Å². The summed E-state index contributed by atoms with van der Waals surface area (Å²) in [6.45, 7) is 3.88. The predicted molar refractivity (Wildman–Crippen MR) is 108 cm³/mol. The number of aromatic nitrogens is 5. The van der Waals surface area contributed by atoms with Crippen LogP contribution in [0.5, 0.6) is 0 Å². The zero-order chi connectivity index (χ0) is 22.3. The highest BCUT2D eigenvalue weighted by atomic mass is 35.5. The van der Waals surface area contributed by atoms with Gasteiger partial charge in [0.1, 0.15) is 10.7 Å². The number of anilines is 1. The minimum absolute atomic E-state index is 0.100. The van der Waals surface area contributed by atoms with Gasteiger partial charge in [-0.3, -0.25) is 9.48 Å². The van der Waals surface area contributed by atoms with Crippen LogP contribution in [0.4, 0.5) is 19.0 Å². The van der Waals surface area contributed by atoms with Crippen molar-refractivity contribution in [1.29, 1.82) is 0 Å². The van der Waals surface area contributed by atoms with Crippen molar-refractivity contribution in [3.05, 3.63) is 75.8 Å². The number of rotatable bonds is 4. The number of benzene rings is 1. The zero-order valence-corrected chi connectivity index (χ0v) is 17.2. The number of carbonyl (C=O) groups is 1. The van der Waals surface area contributed by atoms with Crippen LogP contribution in [0.25, 0.3) is 5.65 Å². The number of carbonyl (C=O) groups excluding carboxylic acids is 1. The first-order chi connectivity index (χ1) is 14.6. The Hall–Kier alpha value is -3.40. The lowest BCUT2D eigenvalue weighted by atomic mass is 10.1. The second-order valence-corrected chi connectivity index (χ2v) is 7.40. The van der Waals surface area contributed by atoms with Crippen LogP contribution in [0.15, 0.2) is 42.6 Å². The Bertz CT molecular complexity index is 1290. The van der Waals surface area contributed by atoms with Gasteiger partial charge >= 0.3 is 6.18 Å². The molecular formula is C20H16ClF3N6O. The molecule has 4 rings (SSSR count). The third-order valence-corrected chi connectivity index (χ3v) is 4.82. The first-order valence-corrected chi connectivity index (χ1v) is 9.53. The number of amides is 1. The van der Waals surface area contributed by atoms with Gasteiger partial charge in [-0.25, -0.2) is 9.50 Å². The average molecular weight is 449 g/mol. The highest BCUT2D eigenvalue weighted by molar-refractivity contribution is 6.37. The van der Waals surface area contributed by atoms with Crippen LogP contribution < -0.4 is 5.32 Å². The van der Waals surface area contributed by atoms with Crippen LogP contribution in [0.2, 0.25) is 5.02 Å². The number of alkyl halides is 3. The summed E-state index contributed by atoms with van der Waals surface area (Å²) in [6.07, 6.45) is -3.01. The number of halogens is 4. The monoisotopic (exact) mass is 448 g/mol. The number of aryl methyl sites for hydroxylation is 2. The molecule has 1 aromatic carbocycles. The van der Waals surface area contributed by atoms with Gasteiger partial charge < -0.3 is 5.32 Å². The lowest BCUT2D eigenvalue weighted by Crippen LogP contribution is -2.16. The molecule has 0 unspecified atom stereocenters. The average Bonchev–Trinajstić information content (AvgIpc) is 3.25. The number of nitrogens with one attached hydrogen (secondary N) is 1. The Kier molecular flexibility index (Phi) is 5.18. The first-order valence-electron chi connectivity index (χ1n) is 9.15. The highest BCUT2D eigenvalue weighted by Crippen LogP contribution is 2.32. The summed E-state index contributed by atoms with van der Waals surface area (Å²) in [6, 6.07) is 10.3. The van der Waals surface area contributed by atoms with Crippen LogP contribution in [-0.4, -0.2) is 30.3 Å². The maximum Gasteiger partial charge on any atom is 0.433 e. The van der Waals surface area contributed by atoms with Crippen molar-refractivity contribution in [3.63, 3.8) is 0 Å². The lowest BCUT2D eigenvalue weighted by molar-refractivity contribution is -0.142. The molecule has 3 aromatic heterocycles. The van der Waals surface area contributed by atoms with E-state index in [0.717, 1.165) is 17.2 Å². The predicted octanol–water partition coefficient (Wildman–Crippen LogP) is 4.52. The molecule has 4 aromatic rings. The quantitative estimate of drug-likeness (QED) is 0.498. The van der Waals surface area contributed by atoms with Crippen LogP contribution in [0.1, 0.15) is 33.0 Å². The van der Waals surface area contributed by atoms with Crippen molar-refractivity contribution in [2.75, 3.05) is 5.32 Å². The van der Waals surface area contributed by atoms with E-state index in [-0.39, 0.29) is 27.9 Å². The van der Waals surface area contributed by atoms with Crippen LogP contribution in [0, 0.1) is 13.8 Å². The zero-order valence-electron chi connectivity index (χ0n) is 16.4. The van der Waals surface area contributed by atoms with E-state index in [0.29, 0.717) is 11.1 Å². The van der Waals surface area contributed by atoms with Crippen LogP contribution >= 0.6 is 11.6 Å². The molecule has 11 heteroatoms. The van der Waals surface area contributed by atoms with Gasteiger partial charge in [-0.15, -0.1) is 0 Å². The fraction of sp³-hybridized carbons (Fsp3) is 0.200. The Morgan fingerprint density at radius 1 is 1.16 bits per heavy atom. The summed E-state index contributed by atoms with van der Waals surface area (Å²) >= 11 is 6.14. The molecule has 0 aliphatic carbocycles. The molecule has 0 fully saturated rings. The van der Waals surface area contributed by atoms with Crippen molar-refractivity contribution >= 4 is 29.0 Å². The molecule has 1 amide bonds. The van der Waals surface area contributed by atoms with Gasteiger partial charge in [0, 0.05) is 18.0 Å². The summed E-state index contributed by atoms with van der Waals surface area (Å²) in [7, 11) is 0. The molecule has 1 N–H and O–H groups in total. The molecule has 31 heavy (non-hydrogen) atoms. The third kappa shape index (κ3) is 4.24. The van der Waals surface area contributed by atoms with E-state index in [1.807, 2.05) is 31.2 Å². The second kappa shape index (κ2) is 7.69. The van der Waals surface area contributed by atoms with Gasteiger partial charge in [0.2, 0.25) is 0 Å². The first kappa shape index (κ1) is 20.9. The van der Waals surface area contributed by atoms with E-state index in [4.69, 9.17) is 11.6 Å². The van der Waals surface area contributed by atoms with E-state index in [1.54, 1.807) is 16.9 Å². The van der Waals surface area contributed by atoms with Crippen LogP contribution in [-0.2, 0) is 12.7 Å². The topological polar surface area (TPSA) is 77.1 Å². The molecule has 0 spiro atoms. The number of hydrogen-bond donors (Lipinski definition) is 1. The van der Waals surface area contributed by atoms with Crippen molar-refractivity contribution in [1.82, 2.24) is 24.4 Å². The Balaban J connectivity index is 1.59. The summed E-state index contributed by atoms with van der Waals surface area (Å²) in [5.74, 6) is -0.576. The van der Waals surface area contributed by atoms with Gasteiger partial charge in [-0.05, 0) is 25.5 Å². The molecular weight excluding hydrogens is 433 g/mol. The molecule has 0 radical (unpaired) electrons. The van der Waals surface area contributed by atoms with Crippen molar-refractivity contribution in [3.8, 4) is 0 Å². The molecule has 0 bridgehead atoms. The molecule has 0 aliphatic heterocycles. The second-order valence-electron chi connectivity index (χ2n) is 7.02. The largest absolute Gasteiger partial charge is 0.433 e. The number of hydrogen-bond acceptors (Lipinski definition) is 4. The normalized spacial score (nSPS) is 11.8. The van der Waals surface area contributed by atoms with Gasteiger partial charge in [0.05, 0.1) is 6.54 Å². The Labute approximate surface area is 179 Å². The minimum atomic E-state index is -4.69. The summed E-state index contributed by atoms with van der Waals surface area (Å²) in [5, 5.41) is 10.3. The van der Waals surface area contributed by atoms with Gasteiger partial charge in [0.15, 0.2) is 17.2 Å². The van der Waals surface area contributed by atoms with Gasteiger partial charge in [-0.2, -0.15) is 23.4 Å². The van der Waals surface area contributed by atoms with Crippen molar-refractivity contribution in [2.45, 2.75) is 26.6 Å². The lowest BCUT2D eigenvalue weighted by Gasteiger charge is -2.09. The van der Waals surface area contributed by atoms with Crippen LogP contribution in [0.3, 0.4) is 0 Å². The van der Waals surface area contributed by atoms with E-state index in [2.05, 4.69) is 20.5 Å². The standard InChI is InChI=1S/C20H16ClF3N6O/c1-11-4-3-5-13(8-11)10-29-7-6-15(27-29)26-19(31)17-16(21)18-25-12(2)9-14(20(22,23)24)30(18)28-17/h3-9H,10H2,1-2H3,(H,26,27,31). The molecule has 3 heterocycles. The van der Waals surface area contributed by atoms with E-state index < -0.39 is 17.8 Å². The van der Waals surface area contributed by atoms with Crippen molar-refractivity contribution < 1.29 is 18.0 Å². The molecule has 160 valence electrons. The molecule has 0 aliphatic rings. The van der Waals surface area contributed by atoms with E-state index in [1.165, 1.54) is 6.92 Å². The van der Waals surface area contributed by atoms with E-state index in [9.17, 15) is 18.0 Å². The van der Waals surface area contributed by atoms with Crippen molar-refractivity contribution in [2.24, 2.45) is 0 Å². The minimum Gasteiger partial charge on any atom is -0.304 e. The van der Waals surface area contributed by atoms with Gasteiger partial charge in [-0.1, -0.05) is 41.4 Å². The third-order valence-electron chi connectivity index (χ3n) is 4.48. The highest BCUT2D eigenvalue weighted by Gasteiger charge is 2.36. The molecule has 0 saturated heterocycles. The molecule has 0 saturated carbocycles. The molecule has 0 atom stereocenters. The van der Waals surface area contributed by atoms with Gasteiger partial charge in [0.25, 0.3) is 5.91 Å². The summed E-state index contributed by atoms with van der Waals surface area (Å²) in [4.78, 5) is 16.6. The Morgan fingerprint density at radius 3 is 2.65 bits per heavy atom. The smallest absolute Gasteiger partial charge is 0.304 e. The number of nitrogens with zero attached hydrogens (tertiary/aromatic N) is 5. The number of fused-ring (bicyclic) bond motifs is 1. The summed E-state index contributed by atoms with van der Waals surface area (Å²) in [5.41, 5.74) is 0.553. The maximum atomic E-state index is 13.3.